The van der Waals surface area contributed by atoms with Crippen molar-refractivity contribution in [3.8, 4) is 0 Å². The highest BCUT2D eigenvalue weighted by atomic mass is 19.1. The third-order valence-corrected chi connectivity index (χ3v) is 2.62. The number of amidine groups is 1. The van der Waals surface area contributed by atoms with Crippen molar-refractivity contribution in [3.63, 3.8) is 0 Å². The summed E-state index contributed by atoms with van der Waals surface area (Å²) in [5, 5.41) is 14.8. The summed E-state index contributed by atoms with van der Waals surface area (Å²) in [5.41, 5.74) is 6.70. The van der Waals surface area contributed by atoms with Gasteiger partial charge in [0.2, 0.25) is 0 Å². The van der Waals surface area contributed by atoms with Crippen LogP contribution in [-0.4, -0.2) is 17.1 Å². The summed E-state index contributed by atoms with van der Waals surface area (Å²) in [7, 11) is 0. The Bertz CT molecular complexity index is 446. The Balaban J connectivity index is 2.85. The molecule has 0 aliphatic rings. The molecular formula is C13H18FN3O. The molecule has 0 amide bonds. The van der Waals surface area contributed by atoms with Gasteiger partial charge >= 0.3 is 0 Å². The van der Waals surface area contributed by atoms with Crippen molar-refractivity contribution in [2.45, 2.75) is 25.9 Å². The minimum atomic E-state index is -0.417. The fourth-order valence-electron chi connectivity index (χ4n) is 1.61. The smallest absolute Gasteiger partial charge is 0.170 e. The first-order valence-corrected chi connectivity index (χ1v) is 5.69. The largest absolute Gasteiger partial charge is 0.409 e. The summed E-state index contributed by atoms with van der Waals surface area (Å²) in [6.07, 6.45) is 2.66. The number of hydrogen-bond donors (Lipinski definition) is 3. The molecule has 0 aromatic heterocycles. The molecule has 1 unspecified atom stereocenters. The molecule has 1 atom stereocenters. The Morgan fingerprint density at radius 2 is 2.39 bits per heavy atom. The molecule has 4 N–H and O–H groups in total. The molecule has 0 saturated carbocycles. The van der Waals surface area contributed by atoms with Gasteiger partial charge in [-0.05, 0) is 31.0 Å². The molecule has 0 radical (unpaired) electrons. The summed E-state index contributed by atoms with van der Waals surface area (Å²) in [6, 6.07) is 4.48. The first-order chi connectivity index (χ1) is 8.58. The van der Waals surface area contributed by atoms with E-state index < -0.39 is 5.82 Å². The second-order valence-electron chi connectivity index (χ2n) is 4.09. The normalized spacial score (nSPS) is 13.3. The lowest BCUT2D eigenvalue weighted by atomic mass is 10.1. The van der Waals surface area contributed by atoms with Crippen molar-refractivity contribution >= 4 is 5.84 Å². The fraction of sp³-hybridized carbons (Fsp3) is 0.308. The summed E-state index contributed by atoms with van der Waals surface area (Å²) in [4.78, 5) is 0. The number of hydrogen-bond acceptors (Lipinski definition) is 3. The average molecular weight is 251 g/mol. The van der Waals surface area contributed by atoms with Gasteiger partial charge < -0.3 is 16.3 Å². The Morgan fingerprint density at radius 3 is 3.00 bits per heavy atom. The Morgan fingerprint density at radius 1 is 1.67 bits per heavy atom. The minimum Gasteiger partial charge on any atom is -0.409 e. The van der Waals surface area contributed by atoms with Gasteiger partial charge in [-0.3, -0.25) is 0 Å². The van der Waals surface area contributed by atoms with Crippen LogP contribution in [0.4, 0.5) is 4.39 Å². The maximum absolute atomic E-state index is 13.1. The lowest BCUT2D eigenvalue weighted by Gasteiger charge is -2.14. The van der Waals surface area contributed by atoms with Crippen LogP contribution >= 0.6 is 0 Å². The Labute approximate surface area is 106 Å². The molecule has 0 aliphatic carbocycles. The minimum absolute atomic E-state index is 0.0947. The fourth-order valence-corrected chi connectivity index (χ4v) is 1.61. The summed E-state index contributed by atoms with van der Waals surface area (Å²) >= 11 is 0. The van der Waals surface area contributed by atoms with Gasteiger partial charge in [-0.1, -0.05) is 17.3 Å². The van der Waals surface area contributed by atoms with Crippen LogP contribution in [0.25, 0.3) is 0 Å². The monoisotopic (exact) mass is 251 g/mol. The van der Waals surface area contributed by atoms with E-state index >= 15 is 0 Å². The molecule has 0 fully saturated rings. The molecule has 0 saturated heterocycles. The van der Waals surface area contributed by atoms with Gasteiger partial charge in [0, 0.05) is 18.2 Å². The van der Waals surface area contributed by atoms with Crippen LogP contribution in [0, 0.1) is 5.82 Å². The lowest BCUT2D eigenvalue weighted by Crippen LogP contribution is -2.26. The number of oxime groups is 1. The van der Waals surface area contributed by atoms with E-state index in [2.05, 4.69) is 17.1 Å². The van der Waals surface area contributed by atoms with Gasteiger partial charge in [0.05, 0.1) is 0 Å². The van der Waals surface area contributed by atoms with E-state index in [0.29, 0.717) is 12.1 Å². The number of rotatable bonds is 6. The Kier molecular flexibility index (Phi) is 5.32. The first kappa shape index (κ1) is 14.2. The van der Waals surface area contributed by atoms with E-state index in [4.69, 9.17) is 10.9 Å². The summed E-state index contributed by atoms with van der Waals surface area (Å²) < 4.78 is 13.1. The van der Waals surface area contributed by atoms with Crippen LogP contribution in [-0.2, 0) is 6.54 Å². The maximum atomic E-state index is 13.1. The number of halogens is 1. The highest BCUT2D eigenvalue weighted by Crippen LogP contribution is 2.11. The predicted molar refractivity (Wildman–Crippen MR) is 70.0 cm³/mol. The number of nitrogens with one attached hydrogen (secondary N) is 1. The van der Waals surface area contributed by atoms with E-state index in [1.165, 1.54) is 12.1 Å². The van der Waals surface area contributed by atoms with E-state index in [1.807, 2.05) is 13.0 Å². The zero-order valence-corrected chi connectivity index (χ0v) is 10.4. The molecule has 4 nitrogen and oxygen atoms in total. The van der Waals surface area contributed by atoms with Gasteiger partial charge in [-0.15, -0.1) is 6.58 Å². The maximum Gasteiger partial charge on any atom is 0.170 e. The number of nitrogens with zero attached hydrogens (tertiary/aromatic N) is 1. The molecule has 1 aromatic rings. The molecule has 5 heteroatoms. The summed E-state index contributed by atoms with van der Waals surface area (Å²) in [6.45, 7) is 6.20. The van der Waals surface area contributed by atoms with Gasteiger partial charge in [-0.25, -0.2) is 4.39 Å². The lowest BCUT2D eigenvalue weighted by molar-refractivity contribution is 0.318. The standard InChI is InChI=1S/C13H18FN3O/c1-3-4-9(2)16-8-10-5-6-11(14)7-12(10)13(15)17-18/h3,5-7,9,16,18H,1,4,8H2,2H3,(H2,15,17). The quantitative estimate of drug-likeness (QED) is 0.238. The van der Waals surface area contributed by atoms with E-state index in [9.17, 15) is 4.39 Å². The van der Waals surface area contributed by atoms with Gasteiger partial charge in [-0.2, -0.15) is 0 Å². The molecule has 0 bridgehead atoms. The molecule has 0 spiro atoms. The molecule has 1 aromatic carbocycles. The molecular weight excluding hydrogens is 233 g/mol. The van der Waals surface area contributed by atoms with Crippen molar-refractivity contribution in [1.29, 1.82) is 0 Å². The summed E-state index contributed by atoms with van der Waals surface area (Å²) in [5.74, 6) is -0.512. The zero-order chi connectivity index (χ0) is 13.5. The van der Waals surface area contributed by atoms with Crippen LogP contribution in [0.15, 0.2) is 36.0 Å². The van der Waals surface area contributed by atoms with Crippen LogP contribution in [0.5, 0.6) is 0 Å². The van der Waals surface area contributed by atoms with E-state index in [1.54, 1.807) is 6.07 Å². The highest BCUT2D eigenvalue weighted by molar-refractivity contribution is 5.98. The zero-order valence-electron chi connectivity index (χ0n) is 10.4. The van der Waals surface area contributed by atoms with Gasteiger partial charge in [0.15, 0.2) is 5.84 Å². The van der Waals surface area contributed by atoms with Crippen molar-refractivity contribution in [2.75, 3.05) is 0 Å². The molecule has 1 rings (SSSR count). The predicted octanol–water partition coefficient (Wildman–Crippen LogP) is 1.97. The molecule has 98 valence electrons. The second kappa shape index (κ2) is 6.76. The molecule has 18 heavy (non-hydrogen) atoms. The van der Waals surface area contributed by atoms with Crippen LogP contribution in [0.2, 0.25) is 0 Å². The number of benzene rings is 1. The highest BCUT2D eigenvalue weighted by Gasteiger charge is 2.09. The van der Waals surface area contributed by atoms with Crippen LogP contribution in [0.1, 0.15) is 24.5 Å². The van der Waals surface area contributed by atoms with Gasteiger partial charge in [0.1, 0.15) is 5.82 Å². The topological polar surface area (TPSA) is 70.6 Å². The molecule has 0 aliphatic heterocycles. The number of nitrogens with two attached hydrogens (primary N) is 1. The van der Waals surface area contributed by atoms with Crippen LogP contribution in [0.3, 0.4) is 0 Å². The van der Waals surface area contributed by atoms with Crippen molar-refractivity contribution in [2.24, 2.45) is 10.9 Å². The van der Waals surface area contributed by atoms with Crippen LogP contribution < -0.4 is 11.1 Å². The van der Waals surface area contributed by atoms with Crippen molar-refractivity contribution < 1.29 is 9.60 Å². The van der Waals surface area contributed by atoms with E-state index in [-0.39, 0.29) is 11.9 Å². The third kappa shape index (κ3) is 3.85. The van der Waals surface area contributed by atoms with Gasteiger partial charge in [0.25, 0.3) is 0 Å². The second-order valence-corrected chi connectivity index (χ2v) is 4.09. The first-order valence-electron chi connectivity index (χ1n) is 5.69. The van der Waals surface area contributed by atoms with Crippen molar-refractivity contribution in [3.05, 3.63) is 47.8 Å². The molecule has 0 heterocycles. The van der Waals surface area contributed by atoms with Crippen molar-refractivity contribution in [1.82, 2.24) is 5.32 Å². The van der Waals surface area contributed by atoms with E-state index in [0.717, 1.165) is 12.0 Å². The Hall–Kier alpha value is -1.88. The third-order valence-electron chi connectivity index (χ3n) is 2.62. The average Bonchev–Trinajstić information content (AvgIpc) is 2.36. The SMILES string of the molecule is C=CCC(C)NCc1ccc(F)cc1/C(N)=N/O.